The van der Waals surface area contributed by atoms with Gasteiger partial charge in [-0.25, -0.2) is 9.13 Å². The first kappa shape index (κ1) is 25.0. The average molecular weight is 540 g/mol. The first-order chi connectivity index (χ1) is 16.4. The van der Waals surface area contributed by atoms with Crippen LogP contribution in [0, 0.1) is 28.6 Å². The molecule has 1 aromatic carbocycles. The lowest BCUT2D eigenvalue weighted by Gasteiger charge is -2.57. The van der Waals surface area contributed by atoms with Crippen LogP contribution in [0.3, 0.4) is 0 Å². The average Bonchev–Trinajstić information content (AvgIpc) is 3.43. The van der Waals surface area contributed by atoms with E-state index in [-0.39, 0.29) is 28.9 Å². The summed E-state index contributed by atoms with van der Waals surface area (Å²) in [5, 5.41) is 10.3. The first-order valence-electron chi connectivity index (χ1n) is 13.4. The fourth-order valence-corrected chi connectivity index (χ4v) is 8.67. The Morgan fingerprint density at radius 1 is 1.09 bits per heavy atom. The van der Waals surface area contributed by atoms with Crippen molar-refractivity contribution in [2.24, 2.45) is 28.6 Å². The highest BCUT2D eigenvalue weighted by molar-refractivity contribution is 5.94. The quantitative estimate of drug-likeness (QED) is 0.369. The van der Waals surface area contributed by atoms with Crippen molar-refractivity contribution in [1.29, 1.82) is 0 Å². The maximum Gasteiger partial charge on any atom is 0.244 e. The van der Waals surface area contributed by atoms with Gasteiger partial charge in [0.25, 0.3) is 0 Å². The predicted molar refractivity (Wildman–Crippen MR) is 132 cm³/mol. The number of aromatic nitrogens is 2. The molecule has 3 fully saturated rings. The number of allylic oxidation sites excluding steroid dienone is 1. The molecule has 0 spiro atoms. The number of aliphatic hydroxyl groups excluding tert-OH is 1. The Bertz CT molecular complexity index is 1110. The Morgan fingerprint density at radius 3 is 2.69 bits per heavy atom. The molecular weight excluding hydrogens is 500 g/mol. The number of halogens is 1. The van der Waals surface area contributed by atoms with Gasteiger partial charge in [-0.1, -0.05) is 55.8 Å². The van der Waals surface area contributed by atoms with E-state index in [1.54, 1.807) is 5.57 Å². The highest BCUT2D eigenvalue weighted by Crippen LogP contribution is 2.67. The fraction of sp³-hybridized carbons (Fsp3) is 0.600. The molecule has 0 amide bonds. The van der Waals surface area contributed by atoms with E-state index < -0.39 is 0 Å². The topological polar surface area (TPSA) is 46.1 Å². The Balaban J connectivity index is 0.00000253. The van der Waals surface area contributed by atoms with Crippen LogP contribution in [-0.2, 0) is 6.54 Å². The lowest BCUT2D eigenvalue weighted by atomic mass is 9.48. The summed E-state index contributed by atoms with van der Waals surface area (Å²) < 4.78 is 4.48. The van der Waals surface area contributed by atoms with Gasteiger partial charge in [-0.3, -0.25) is 4.79 Å². The number of aliphatic hydroxyl groups is 1. The van der Waals surface area contributed by atoms with Crippen LogP contribution in [0.1, 0.15) is 81.6 Å². The number of nitrogens with zero attached hydrogens (tertiary/aromatic N) is 2. The van der Waals surface area contributed by atoms with Crippen molar-refractivity contribution < 1.29 is 31.4 Å². The standard InChI is InChI=1S/C30H39N2O2.BrH/c1-29-14-12-23(33)18-22(29)8-9-24-25-10-11-28(30(25,2)15-13-26(24)29)32-17-16-31(20-32)19-27(34)21-6-4-3-5-7-21;/h3-8,16-17,20,23-26,28,33H,9-15,18-19H2,1-2H3;1H/q+1;/p-1/t23-,24-,25-,26-,28-,29-,30-;/m0./s1. The number of carbonyl (C=O) groups is 1. The van der Waals surface area contributed by atoms with Crippen molar-refractivity contribution >= 4 is 5.78 Å². The molecule has 4 nitrogen and oxygen atoms in total. The van der Waals surface area contributed by atoms with E-state index in [1.807, 2.05) is 30.3 Å². The fourth-order valence-electron chi connectivity index (χ4n) is 8.67. The third-order valence-electron chi connectivity index (χ3n) is 10.5. The van der Waals surface area contributed by atoms with Crippen LogP contribution in [0.25, 0.3) is 0 Å². The smallest absolute Gasteiger partial charge is 0.244 e. The van der Waals surface area contributed by atoms with Gasteiger partial charge >= 0.3 is 0 Å². The molecule has 1 N–H and O–H groups in total. The second-order valence-corrected chi connectivity index (χ2v) is 12.1. The van der Waals surface area contributed by atoms with Gasteiger partial charge in [0.05, 0.1) is 6.10 Å². The Kier molecular flexibility index (Phi) is 6.63. The van der Waals surface area contributed by atoms with Crippen molar-refractivity contribution in [3.8, 4) is 0 Å². The summed E-state index contributed by atoms with van der Waals surface area (Å²) in [7, 11) is 0. The van der Waals surface area contributed by atoms with Gasteiger partial charge < -0.3 is 22.1 Å². The molecule has 188 valence electrons. The Morgan fingerprint density at radius 2 is 1.89 bits per heavy atom. The molecule has 0 aliphatic heterocycles. The number of benzene rings is 1. The van der Waals surface area contributed by atoms with Crippen LogP contribution < -0.4 is 21.5 Å². The number of hydrogen-bond donors (Lipinski definition) is 1. The summed E-state index contributed by atoms with van der Waals surface area (Å²) in [6.45, 7) is 5.46. The molecule has 35 heavy (non-hydrogen) atoms. The maximum absolute atomic E-state index is 12.7. The largest absolute Gasteiger partial charge is 1.00 e. The zero-order valence-electron chi connectivity index (χ0n) is 21.1. The molecule has 7 atom stereocenters. The first-order valence-corrected chi connectivity index (χ1v) is 13.4. The lowest BCUT2D eigenvalue weighted by molar-refractivity contribution is -0.682. The van der Waals surface area contributed by atoms with Crippen LogP contribution >= 0.6 is 0 Å². The van der Waals surface area contributed by atoms with Crippen molar-refractivity contribution in [2.45, 2.75) is 83.9 Å². The molecule has 2 aromatic rings. The van der Waals surface area contributed by atoms with Gasteiger partial charge in [-0.15, -0.1) is 0 Å². The van der Waals surface area contributed by atoms with Gasteiger partial charge in [0.2, 0.25) is 12.1 Å². The highest BCUT2D eigenvalue weighted by Gasteiger charge is 2.60. The lowest BCUT2D eigenvalue weighted by Crippen LogP contribution is -3.00. The number of fused-ring (bicyclic) bond motifs is 5. The summed E-state index contributed by atoms with van der Waals surface area (Å²) in [4.78, 5) is 12.7. The van der Waals surface area contributed by atoms with Crippen LogP contribution in [-0.4, -0.2) is 21.6 Å². The van der Waals surface area contributed by atoms with Crippen molar-refractivity contribution in [2.75, 3.05) is 0 Å². The summed E-state index contributed by atoms with van der Waals surface area (Å²) in [5.41, 5.74) is 2.95. The molecule has 3 saturated carbocycles. The van der Waals surface area contributed by atoms with Gasteiger partial charge in [0, 0.05) is 11.0 Å². The molecule has 0 unspecified atom stereocenters. The van der Waals surface area contributed by atoms with E-state index in [0.717, 1.165) is 42.6 Å². The SMILES string of the molecule is C[C@]12CC[C@H]3[C@@H](CC=C4C[C@@H](O)CC[C@@]43C)[C@@H]1CC[C@@H]2n1cc[n+](CC(=O)c2ccccc2)c1.[Br-]. The minimum atomic E-state index is -0.130. The molecular formula is C30H39BrN2O2. The molecule has 4 aliphatic carbocycles. The molecule has 0 saturated heterocycles. The summed E-state index contributed by atoms with van der Waals surface area (Å²) >= 11 is 0. The van der Waals surface area contributed by atoms with Gasteiger partial charge in [0.15, 0.2) is 6.54 Å². The third-order valence-corrected chi connectivity index (χ3v) is 10.5. The maximum atomic E-state index is 12.7. The summed E-state index contributed by atoms with van der Waals surface area (Å²) in [6, 6.07) is 10.1. The van der Waals surface area contributed by atoms with Gasteiger partial charge in [0.1, 0.15) is 18.4 Å². The van der Waals surface area contributed by atoms with Crippen LogP contribution in [0.15, 0.2) is 60.7 Å². The van der Waals surface area contributed by atoms with Crippen LogP contribution in [0.4, 0.5) is 0 Å². The zero-order valence-corrected chi connectivity index (χ0v) is 22.7. The highest BCUT2D eigenvalue weighted by atomic mass is 79.9. The second kappa shape index (κ2) is 9.30. The van der Waals surface area contributed by atoms with E-state index in [0.29, 0.717) is 23.4 Å². The van der Waals surface area contributed by atoms with Crippen molar-refractivity contribution in [3.63, 3.8) is 0 Å². The molecule has 4 aliphatic rings. The van der Waals surface area contributed by atoms with E-state index in [9.17, 15) is 9.90 Å². The summed E-state index contributed by atoms with van der Waals surface area (Å²) in [6.07, 6.45) is 18.2. The monoisotopic (exact) mass is 538 g/mol. The predicted octanol–water partition coefficient (Wildman–Crippen LogP) is 2.53. The number of carbonyl (C=O) groups excluding carboxylic acids is 1. The number of Topliss-reactive ketones (excluding diaryl/α,β-unsaturated/α-hetero) is 1. The number of imidazole rings is 1. The molecule has 0 radical (unpaired) electrons. The van der Waals surface area contributed by atoms with E-state index >= 15 is 0 Å². The Labute approximate surface area is 220 Å². The normalized spacial score (nSPS) is 37.9. The van der Waals surface area contributed by atoms with Crippen molar-refractivity contribution in [1.82, 2.24) is 4.57 Å². The molecule has 5 heteroatoms. The zero-order chi connectivity index (χ0) is 23.5. The van der Waals surface area contributed by atoms with E-state index in [1.165, 1.54) is 32.1 Å². The van der Waals surface area contributed by atoms with Crippen molar-refractivity contribution in [3.05, 3.63) is 66.3 Å². The molecule has 1 aromatic heterocycles. The summed E-state index contributed by atoms with van der Waals surface area (Å²) in [5.74, 6) is 2.47. The van der Waals surface area contributed by atoms with Crippen LogP contribution in [0.2, 0.25) is 0 Å². The van der Waals surface area contributed by atoms with Crippen LogP contribution in [0.5, 0.6) is 0 Å². The molecule has 1 heterocycles. The number of rotatable bonds is 4. The van der Waals surface area contributed by atoms with Gasteiger partial charge in [-0.2, -0.15) is 0 Å². The minimum Gasteiger partial charge on any atom is -1.00 e. The molecule has 0 bridgehead atoms. The van der Waals surface area contributed by atoms with E-state index in [4.69, 9.17) is 0 Å². The van der Waals surface area contributed by atoms with E-state index in [2.05, 4.69) is 47.8 Å². The minimum absolute atomic E-state index is 0. The number of hydrogen-bond acceptors (Lipinski definition) is 2. The Hall–Kier alpha value is -1.72. The third kappa shape index (κ3) is 4.07. The number of ketones is 1. The van der Waals surface area contributed by atoms with Gasteiger partial charge in [-0.05, 0) is 74.5 Å². The molecule has 6 rings (SSSR count). The second-order valence-electron chi connectivity index (χ2n) is 12.1.